The lowest BCUT2D eigenvalue weighted by molar-refractivity contribution is -0.145. The van der Waals surface area contributed by atoms with E-state index in [9.17, 15) is 24.9 Å². The summed E-state index contributed by atoms with van der Waals surface area (Å²) in [5, 5.41) is 38.3. The van der Waals surface area contributed by atoms with Crippen LogP contribution in [0.15, 0.2) is 30.3 Å². The maximum Gasteiger partial charge on any atom is 0.329 e. The van der Waals surface area contributed by atoms with Gasteiger partial charge in [-0.3, -0.25) is 4.79 Å². The number of carboxylic acid groups (broad SMARTS) is 1. The number of aliphatic carboxylic acids is 1. The number of phenolic OH excluding ortho intramolecular Hbond substituents is 3. The Kier molecular flexibility index (Phi) is 4.78. The first-order valence-electron chi connectivity index (χ1n) is 7.79. The second-order valence-corrected chi connectivity index (χ2v) is 5.80. The van der Waals surface area contributed by atoms with Crippen molar-refractivity contribution in [3.63, 3.8) is 0 Å². The topological polar surface area (TPSA) is 143 Å². The van der Waals surface area contributed by atoms with Crippen LogP contribution in [-0.4, -0.2) is 52.0 Å². The minimum Gasteiger partial charge on any atom is -0.508 e. The molecule has 0 radical (unpaired) electrons. The Bertz CT molecular complexity index is 906. The number of carbonyl (C=O) groups excluding carboxylic acids is 1. The second-order valence-electron chi connectivity index (χ2n) is 5.80. The molecule has 1 aliphatic rings. The fraction of sp³-hybridized carbons (Fsp3) is 0.222. The van der Waals surface area contributed by atoms with Crippen molar-refractivity contribution in [3.8, 4) is 28.7 Å². The van der Waals surface area contributed by atoms with E-state index in [1.807, 2.05) is 0 Å². The molecule has 2 aromatic rings. The van der Waals surface area contributed by atoms with Crippen LogP contribution < -0.4 is 9.47 Å². The number of methoxy groups -OCH3 is 1. The monoisotopic (exact) mass is 376 g/mol. The Morgan fingerprint density at radius 2 is 1.89 bits per heavy atom. The van der Waals surface area contributed by atoms with Gasteiger partial charge in [-0.25, -0.2) is 4.79 Å². The van der Waals surface area contributed by atoms with Crippen molar-refractivity contribution < 1.29 is 44.2 Å². The highest BCUT2D eigenvalue weighted by molar-refractivity contribution is 6.06. The molecule has 0 aliphatic carbocycles. The number of carboxylic acids is 1. The minimum atomic E-state index is -1.38. The summed E-state index contributed by atoms with van der Waals surface area (Å²) >= 11 is 0. The van der Waals surface area contributed by atoms with Crippen LogP contribution in [0.3, 0.4) is 0 Å². The molecule has 0 bridgehead atoms. The average molecular weight is 376 g/mol. The summed E-state index contributed by atoms with van der Waals surface area (Å²) < 4.78 is 16.0. The number of fused-ring (bicyclic) bond motifs is 1. The highest BCUT2D eigenvalue weighted by atomic mass is 16.6. The van der Waals surface area contributed by atoms with E-state index in [0.717, 1.165) is 12.1 Å². The van der Waals surface area contributed by atoms with Gasteiger partial charge in [-0.1, -0.05) is 6.07 Å². The summed E-state index contributed by atoms with van der Waals surface area (Å²) in [6.45, 7) is -0.764. The highest BCUT2D eigenvalue weighted by Crippen LogP contribution is 2.43. The molecule has 142 valence electrons. The molecule has 0 amide bonds. The van der Waals surface area contributed by atoms with Crippen molar-refractivity contribution in [2.24, 2.45) is 0 Å². The van der Waals surface area contributed by atoms with E-state index in [4.69, 9.17) is 19.3 Å². The normalized spacial score (nSPS) is 18.5. The SMILES string of the molecule is COc1cc([C@H]2Oc3cc(O)cc(O)c3C(=O)[C@@H]2OCC(=O)O)ccc1O. The molecule has 9 nitrogen and oxygen atoms in total. The number of benzene rings is 2. The molecule has 1 aliphatic heterocycles. The zero-order valence-corrected chi connectivity index (χ0v) is 14.1. The van der Waals surface area contributed by atoms with Crippen LogP contribution in [-0.2, 0) is 9.53 Å². The Hall–Kier alpha value is -3.46. The molecule has 2 aromatic carbocycles. The third-order valence-electron chi connectivity index (χ3n) is 4.02. The smallest absolute Gasteiger partial charge is 0.329 e. The highest BCUT2D eigenvalue weighted by Gasteiger charge is 2.41. The fourth-order valence-electron chi connectivity index (χ4n) is 2.84. The van der Waals surface area contributed by atoms with E-state index in [2.05, 4.69) is 0 Å². The van der Waals surface area contributed by atoms with Gasteiger partial charge in [0.25, 0.3) is 0 Å². The fourth-order valence-corrected chi connectivity index (χ4v) is 2.84. The van der Waals surface area contributed by atoms with Crippen LogP contribution in [0.4, 0.5) is 0 Å². The molecule has 0 unspecified atom stereocenters. The van der Waals surface area contributed by atoms with Gasteiger partial charge in [0.1, 0.15) is 29.4 Å². The lowest BCUT2D eigenvalue weighted by Gasteiger charge is -2.32. The molecule has 9 heteroatoms. The van der Waals surface area contributed by atoms with Crippen LogP contribution in [0.25, 0.3) is 0 Å². The summed E-state index contributed by atoms with van der Waals surface area (Å²) in [5.41, 5.74) is 0.145. The molecule has 4 N–H and O–H groups in total. The Morgan fingerprint density at radius 1 is 1.15 bits per heavy atom. The quantitative estimate of drug-likeness (QED) is 0.612. The summed E-state index contributed by atoms with van der Waals surface area (Å²) in [4.78, 5) is 23.7. The maximum atomic E-state index is 12.8. The van der Waals surface area contributed by atoms with Gasteiger partial charge in [-0.15, -0.1) is 0 Å². The second kappa shape index (κ2) is 7.04. The van der Waals surface area contributed by atoms with Gasteiger partial charge in [-0.2, -0.15) is 0 Å². The van der Waals surface area contributed by atoms with Crippen molar-refractivity contribution in [1.29, 1.82) is 0 Å². The van der Waals surface area contributed by atoms with Crippen molar-refractivity contribution in [2.45, 2.75) is 12.2 Å². The van der Waals surface area contributed by atoms with Crippen molar-refractivity contribution in [2.75, 3.05) is 13.7 Å². The van der Waals surface area contributed by atoms with Gasteiger partial charge >= 0.3 is 5.97 Å². The van der Waals surface area contributed by atoms with Crippen LogP contribution in [0.1, 0.15) is 22.0 Å². The van der Waals surface area contributed by atoms with E-state index < -0.39 is 36.3 Å². The van der Waals surface area contributed by atoms with E-state index in [1.165, 1.54) is 25.3 Å². The van der Waals surface area contributed by atoms with Gasteiger partial charge in [0, 0.05) is 12.1 Å². The molecule has 1 heterocycles. The van der Waals surface area contributed by atoms with Crippen molar-refractivity contribution >= 4 is 11.8 Å². The number of aromatic hydroxyl groups is 3. The molecule has 0 aromatic heterocycles. The molecular formula is C18H16O9. The molecule has 3 rings (SSSR count). The predicted octanol–water partition coefficient (Wildman–Crippen LogP) is 1.60. The molecule has 27 heavy (non-hydrogen) atoms. The minimum absolute atomic E-state index is 0.0790. The van der Waals surface area contributed by atoms with Crippen LogP contribution in [0.5, 0.6) is 28.7 Å². The molecule has 0 spiro atoms. The summed E-state index contributed by atoms with van der Waals surface area (Å²) in [7, 11) is 1.34. The van der Waals surface area contributed by atoms with Gasteiger partial charge in [0.2, 0.25) is 5.78 Å². The van der Waals surface area contributed by atoms with Crippen LogP contribution in [0, 0.1) is 0 Å². The van der Waals surface area contributed by atoms with Gasteiger partial charge in [-0.05, 0) is 17.7 Å². The van der Waals surface area contributed by atoms with Crippen molar-refractivity contribution in [1.82, 2.24) is 0 Å². The number of ketones is 1. The van der Waals surface area contributed by atoms with E-state index in [0.29, 0.717) is 5.56 Å². The van der Waals surface area contributed by atoms with Gasteiger partial charge in [0.15, 0.2) is 23.7 Å². The molecule has 0 saturated heterocycles. The maximum absolute atomic E-state index is 12.8. The third-order valence-corrected chi connectivity index (χ3v) is 4.02. The zero-order chi connectivity index (χ0) is 19.7. The number of Topliss-reactive ketones (excluding diaryl/α,β-unsaturated/α-hetero) is 1. The Morgan fingerprint density at radius 3 is 2.56 bits per heavy atom. The Balaban J connectivity index is 2.08. The van der Waals surface area contributed by atoms with E-state index >= 15 is 0 Å². The van der Waals surface area contributed by atoms with Gasteiger partial charge < -0.3 is 34.6 Å². The molecule has 0 fully saturated rings. The molecular weight excluding hydrogens is 360 g/mol. The summed E-state index contributed by atoms with van der Waals surface area (Å²) in [6.07, 6.45) is -2.47. The number of rotatable bonds is 5. The lowest BCUT2D eigenvalue weighted by Crippen LogP contribution is -2.39. The number of hydrogen-bond acceptors (Lipinski definition) is 8. The van der Waals surface area contributed by atoms with Crippen molar-refractivity contribution in [3.05, 3.63) is 41.5 Å². The lowest BCUT2D eigenvalue weighted by atomic mass is 9.92. The van der Waals surface area contributed by atoms with E-state index in [1.54, 1.807) is 0 Å². The predicted molar refractivity (Wildman–Crippen MR) is 89.5 cm³/mol. The third kappa shape index (κ3) is 3.44. The average Bonchev–Trinajstić information content (AvgIpc) is 2.60. The first-order chi connectivity index (χ1) is 12.8. The first kappa shape index (κ1) is 18.3. The van der Waals surface area contributed by atoms with Crippen LogP contribution in [0.2, 0.25) is 0 Å². The number of ether oxygens (including phenoxy) is 3. The summed E-state index contributed by atoms with van der Waals surface area (Å²) in [6, 6.07) is 6.33. The largest absolute Gasteiger partial charge is 0.508 e. The number of phenols is 3. The molecule has 0 saturated carbocycles. The summed E-state index contributed by atoms with van der Waals surface area (Å²) in [5.74, 6) is -2.92. The van der Waals surface area contributed by atoms with Crippen LogP contribution >= 0.6 is 0 Å². The zero-order valence-electron chi connectivity index (χ0n) is 14.1. The first-order valence-corrected chi connectivity index (χ1v) is 7.79. The van der Waals surface area contributed by atoms with Gasteiger partial charge in [0.05, 0.1) is 7.11 Å². The Labute approximate surface area is 153 Å². The molecule has 2 atom stereocenters. The van der Waals surface area contributed by atoms with E-state index in [-0.39, 0.29) is 28.6 Å². The standard InChI is InChI=1S/C18H16O9/c1-25-12-4-8(2-3-10(12)20)17-18(26-7-14(22)23)16(24)15-11(21)5-9(19)6-13(15)27-17/h2-6,17-21H,7H2,1H3,(H,22,23)/t17-,18+/m1/s1. The number of hydrogen-bond donors (Lipinski definition) is 4. The number of carbonyl (C=O) groups is 2.